The molecule has 1 amide bonds. The van der Waals surface area contributed by atoms with Crippen molar-refractivity contribution in [2.24, 2.45) is 5.92 Å². The number of nitrogens with one attached hydrogen (secondary N) is 1. The number of carbonyl (C=O) groups excluding carboxylic acids is 1. The lowest BCUT2D eigenvalue weighted by Gasteiger charge is -2.30. The minimum atomic E-state index is 0.0837. The van der Waals surface area contributed by atoms with E-state index in [4.69, 9.17) is 0 Å². The Kier molecular flexibility index (Phi) is 6.24. The first-order chi connectivity index (χ1) is 14.5. The highest BCUT2D eigenvalue weighted by Gasteiger charge is 2.25. The van der Waals surface area contributed by atoms with Gasteiger partial charge in [0, 0.05) is 36.3 Å². The fourth-order valence-corrected chi connectivity index (χ4v) is 4.51. The summed E-state index contributed by atoms with van der Waals surface area (Å²) in [4.78, 5) is 24.0. The number of hydrogen-bond donors (Lipinski definition) is 1. The maximum atomic E-state index is 12.6. The molecule has 0 spiro atoms. The van der Waals surface area contributed by atoms with E-state index < -0.39 is 0 Å². The van der Waals surface area contributed by atoms with E-state index in [9.17, 15) is 4.79 Å². The number of rotatable bonds is 6. The molecule has 4 heterocycles. The summed E-state index contributed by atoms with van der Waals surface area (Å²) in [6, 6.07) is 5.97. The second-order valence-corrected chi connectivity index (χ2v) is 9.05. The van der Waals surface area contributed by atoms with Gasteiger partial charge in [-0.2, -0.15) is 5.10 Å². The number of hydrogen-bond acceptors (Lipinski definition) is 6. The highest BCUT2D eigenvalue weighted by Crippen LogP contribution is 2.20. The van der Waals surface area contributed by atoms with Crippen LogP contribution in [0.4, 0.5) is 0 Å². The first kappa shape index (κ1) is 20.7. The van der Waals surface area contributed by atoms with E-state index in [1.54, 1.807) is 11.3 Å². The molecule has 1 aliphatic rings. The lowest BCUT2D eigenvalue weighted by molar-refractivity contribution is -0.126. The van der Waals surface area contributed by atoms with Crippen molar-refractivity contribution >= 4 is 17.2 Å². The van der Waals surface area contributed by atoms with E-state index >= 15 is 0 Å². The maximum Gasteiger partial charge on any atom is 0.223 e. The average Bonchev–Trinajstić information content (AvgIpc) is 3.31. The minimum absolute atomic E-state index is 0.0837. The van der Waals surface area contributed by atoms with E-state index in [1.165, 1.54) is 0 Å². The zero-order valence-electron chi connectivity index (χ0n) is 17.8. The van der Waals surface area contributed by atoms with E-state index in [1.807, 2.05) is 49.8 Å². The summed E-state index contributed by atoms with van der Waals surface area (Å²) in [7, 11) is 0. The van der Waals surface area contributed by atoms with Gasteiger partial charge >= 0.3 is 0 Å². The Labute approximate surface area is 181 Å². The normalized spacial score (nSPS) is 15.4. The topological polar surface area (TPSA) is 75.9 Å². The quantitative estimate of drug-likeness (QED) is 0.658. The number of aromatic nitrogens is 4. The molecule has 1 N–H and O–H groups in total. The maximum absolute atomic E-state index is 12.6. The number of pyridine rings is 1. The van der Waals surface area contributed by atoms with Gasteiger partial charge in [-0.3, -0.25) is 9.69 Å². The van der Waals surface area contributed by atoms with Crippen LogP contribution in [-0.2, 0) is 17.9 Å². The summed E-state index contributed by atoms with van der Waals surface area (Å²) in [5.74, 6) is 1.01. The van der Waals surface area contributed by atoms with Gasteiger partial charge in [-0.25, -0.2) is 14.6 Å². The molecule has 0 unspecified atom stereocenters. The molecule has 0 aromatic carbocycles. The molecule has 8 heteroatoms. The number of likely N-dealkylation sites (tertiary alicyclic amines) is 1. The van der Waals surface area contributed by atoms with Crippen molar-refractivity contribution in [2.45, 2.75) is 46.7 Å². The van der Waals surface area contributed by atoms with Gasteiger partial charge in [-0.1, -0.05) is 6.07 Å². The van der Waals surface area contributed by atoms with Crippen LogP contribution in [0.3, 0.4) is 0 Å². The van der Waals surface area contributed by atoms with Crippen LogP contribution in [0, 0.1) is 26.7 Å². The van der Waals surface area contributed by atoms with E-state index in [0.717, 1.165) is 65.9 Å². The Morgan fingerprint density at radius 3 is 2.63 bits per heavy atom. The van der Waals surface area contributed by atoms with Gasteiger partial charge in [0.2, 0.25) is 5.91 Å². The Morgan fingerprint density at radius 2 is 2.03 bits per heavy atom. The molecule has 30 heavy (non-hydrogen) atoms. The van der Waals surface area contributed by atoms with Gasteiger partial charge in [0.25, 0.3) is 0 Å². The van der Waals surface area contributed by atoms with E-state index in [-0.39, 0.29) is 11.8 Å². The largest absolute Gasteiger partial charge is 0.352 e. The molecule has 3 aromatic heterocycles. The molecule has 158 valence electrons. The van der Waals surface area contributed by atoms with Gasteiger partial charge in [0.15, 0.2) is 5.82 Å². The summed E-state index contributed by atoms with van der Waals surface area (Å²) in [6.07, 6.45) is 3.60. The predicted molar refractivity (Wildman–Crippen MR) is 118 cm³/mol. The van der Waals surface area contributed by atoms with E-state index in [0.29, 0.717) is 6.54 Å². The standard InChI is InChI=1S/C22H28N6OS/c1-15-10-16(2)28(26-15)21-5-4-18(11-23-21)12-24-22(29)19-6-8-27(9-7-19)13-20-14-30-17(3)25-20/h4-5,10-11,14,19H,6-9,12-13H2,1-3H3,(H,24,29). The highest BCUT2D eigenvalue weighted by molar-refractivity contribution is 7.09. The average molecular weight is 425 g/mol. The van der Waals surface area contributed by atoms with Gasteiger partial charge in [-0.05, 0) is 64.4 Å². The first-order valence-corrected chi connectivity index (χ1v) is 11.3. The Balaban J connectivity index is 1.24. The zero-order chi connectivity index (χ0) is 21.1. The molecular weight excluding hydrogens is 396 g/mol. The van der Waals surface area contributed by atoms with Gasteiger partial charge in [0.1, 0.15) is 0 Å². The third kappa shape index (κ3) is 4.94. The van der Waals surface area contributed by atoms with Crippen molar-refractivity contribution in [3.05, 3.63) is 57.4 Å². The molecule has 3 aromatic rings. The summed E-state index contributed by atoms with van der Waals surface area (Å²) < 4.78 is 1.83. The van der Waals surface area contributed by atoms with Crippen LogP contribution < -0.4 is 5.32 Å². The number of amides is 1. The zero-order valence-corrected chi connectivity index (χ0v) is 18.6. The lowest BCUT2D eigenvalue weighted by Crippen LogP contribution is -2.40. The smallest absolute Gasteiger partial charge is 0.223 e. The van der Waals surface area contributed by atoms with Crippen LogP contribution >= 0.6 is 11.3 Å². The van der Waals surface area contributed by atoms with Gasteiger partial charge in [-0.15, -0.1) is 11.3 Å². The third-order valence-corrected chi connectivity index (χ3v) is 6.34. The summed E-state index contributed by atoms with van der Waals surface area (Å²) in [6.45, 7) is 9.28. The second-order valence-electron chi connectivity index (χ2n) is 7.99. The lowest BCUT2D eigenvalue weighted by atomic mass is 9.95. The van der Waals surface area contributed by atoms with Crippen LogP contribution in [0.2, 0.25) is 0 Å². The van der Waals surface area contributed by atoms with Crippen molar-refractivity contribution in [1.82, 2.24) is 30.0 Å². The summed E-state index contributed by atoms with van der Waals surface area (Å²) in [5, 5.41) is 10.8. The molecule has 1 aliphatic heterocycles. The van der Waals surface area contributed by atoms with Gasteiger partial charge in [0.05, 0.1) is 16.4 Å². The Bertz CT molecular complexity index is 1000. The number of thiazole rings is 1. The number of aryl methyl sites for hydroxylation is 3. The monoisotopic (exact) mass is 424 g/mol. The molecule has 0 atom stereocenters. The number of piperidine rings is 1. The summed E-state index contributed by atoms with van der Waals surface area (Å²) >= 11 is 1.69. The molecule has 1 fully saturated rings. The van der Waals surface area contributed by atoms with Crippen molar-refractivity contribution < 1.29 is 4.79 Å². The predicted octanol–water partition coefficient (Wildman–Crippen LogP) is 3.18. The minimum Gasteiger partial charge on any atom is -0.352 e. The van der Waals surface area contributed by atoms with E-state index in [2.05, 4.69) is 30.7 Å². The van der Waals surface area contributed by atoms with Crippen LogP contribution in [0.15, 0.2) is 29.8 Å². The molecule has 0 aliphatic carbocycles. The highest BCUT2D eigenvalue weighted by atomic mass is 32.1. The summed E-state index contributed by atoms with van der Waals surface area (Å²) in [5.41, 5.74) is 4.15. The number of carbonyl (C=O) groups is 1. The molecule has 0 bridgehead atoms. The van der Waals surface area contributed by atoms with Crippen LogP contribution in [0.5, 0.6) is 0 Å². The van der Waals surface area contributed by atoms with Crippen LogP contribution in [0.25, 0.3) is 5.82 Å². The Morgan fingerprint density at radius 1 is 1.23 bits per heavy atom. The second kappa shape index (κ2) is 9.06. The fourth-order valence-electron chi connectivity index (χ4n) is 3.90. The Hall–Kier alpha value is -2.58. The van der Waals surface area contributed by atoms with Gasteiger partial charge < -0.3 is 5.32 Å². The molecule has 0 radical (unpaired) electrons. The molecule has 1 saturated heterocycles. The molecular formula is C22H28N6OS. The van der Waals surface area contributed by atoms with Crippen LogP contribution in [0.1, 0.15) is 40.5 Å². The van der Waals surface area contributed by atoms with Crippen molar-refractivity contribution in [1.29, 1.82) is 0 Å². The molecule has 7 nitrogen and oxygen atoms in total. The first-order valence-electron chi connectivity index (χ1n) is 10.4. The SMILES string of the molecule is Cc1cc(C)n(-c2ccc(CNC(=O)C3CCN(Cc4csc(C)n4)CC3)cn2)n1. The van der Waals surface area contributed by atoms with Crippen molar-refractivity contribution in [2.75, 3.05) is 13.1 Å². The fraction of sp³-hybridized carbons (Fsp3) is 0.455. The van der Waals surface area contributed by atoms with Crippen molar-refractivity contribution in [3.8, 4) is 5.82 Å². The third-order valence-electron chi connectivity index (χ3n) is 5.51. The molecule has 4 rings (SSSR count). The van der Waals surface area contributed by atoms with Crippen molar-refractivity contribution in [3.63, 3.8) is 0 Å². The molecule has 0 saturated carbocycles. The van der Waals surface area contributed by atoms with Crippen LogP contribution in [-0.4, -0.2) is 43.6 Å². The number of nitrogens with zero attached hydrogens (tertiary/aromatic N) is 5.